The van der Waals surface area contributed by atoms with E-state index in [0.29, 0.717) is 26.3 Å². The number of halogens is 3. The van der Waals surface area contributed by atoms with Crippen molar-refractivity contribution in [2.24, 2.45) is 0 Å². The Kier molecular flexibility index (Phi) is 7.52. The van der Waals surface area contributed by atoms with E-state index in [1.165, 1.54) is 11.8 Å². The Morgan fingerprint density at radius 1 is 1.17 bits per heavy atom. The third-order valence-electron chi connectivity index (χ3n) is 4.28. The number of thioether (sulfide) groups is 1. The second kappa shape index (κ2) is 9.92. The fraction of sp³-hybridized carbons (Fsp3) is 0.250. The van der Waals surface area contributed by atoms with Gasteiger partial charge in [-0.3, -0.25) is 14.4 Å². The van der Waals surface area contributed by atoms with Gasteiger partial charge in [0.1, 0.15) is 0 Å². The largest absolute Gasteiger partial charge is 0.456 e. The van der Waals surface area contributed by atoms with Gasteiger partial charge in [0.25, 0.3) is 5.91 Å². The van der Waals surface area contributed by atoms with Crippen LogP contribution in [0.4, 0.5) is 5.69 Å². The van der Waals surface area contributed by atoms with E-state index in [4.69, 9.17) is 39.5 Å². The molecule has 2 N–H and O–H groups in total. The van der Waals surface area contributed by atoms with E-state index in [2.05, 4.69) is 10.6 Å². The molecule has 0 bridgehead atoms. The number of hydrogen-bond donors (Lipinski definition) is 2. The summed E-state index contributed by atoms with van der Waals surface area (Å²) in [5.41, 5.74) is 1.30. The third kappa shape index (κ3) is 5.82. The van der Waals surface area contributed by atoms with Gasteiger partial charge in [0.05, 0.1) is 23.4 Å². The normalized spacial score (nSPS) is 16.3. The molecule has 10 heteroatoms. The van der Waals surface area contributed by atoms with Crippen molar-refractivity contribution in [3.63, 3.8) is 0 Å². The van der Waals surface area contributed by atoms with Crippen molar-refractivity contribution in [3.8, 4) is 0 Å². The van der Waals surface area contributed by atoms with Crippen molar-refractivity contribution in [2.75, 3.05) is 11.9 Å². The Balaban J connectivity index is 1.49. The minimum atomic E-state index is -0.652. The van der Waals surface area contributed by atoms with Crippen LogP contribution in [0.15, 0.2) is 41.3 Å². The lowest BCUT2D eigenvalue weighted by molar-refractivity contribution is -0.149. The van der Waals surface area contributed by atoms with Crippen molar-refractivity contribution in [1.29, 1.82) is 0 Å². The molecule has 0 spiro atoms. The molecule has 1 heterocycles. The summed E-state index contributed by atoms with van der Waals surface area (Å²) >= 11 is 19.2. The molecule has 2 aromatic rings. The number of hydrogen-bond acceptors (Lipinski definition) is 5. The smallest absolute Gasteiger partial charge is 0.307 e. The second-order valence-corrected chi connectivity index (χ2v) is 9.08. The van der Waals surface area contributed by atoms with Crippen LogP contribution >= 0.6 is 46.6 Å². The highest BCUT2D eigenvalue weighted by Crippen LogP contribution is 2.38. The summed E-state index contributed by atoms with van der Waals surface area (Å²) in [7, 11) is 0. The molecule has 6 nitrogen and oxygen atoms in total. The van der Waals surface area contributed by atoms with Crippen LogP contribution < -0.4 is 10.6 Å². The molecular formula is C20H17Cl3N2O4S. The molecule has 158 valence electrons. The Labute approximate surface area is 192 Å². The number of rotatable bonds is 6. The summed E-state index contributed by atoms with van der Waals surface area (Å²) < 4.78 is 5.03. The molecule has 0 fully saturated rings. The van der Waals surface area contributed by atoms with E-state index < -0.39 is 29.8 Å². The third-order valence-corrected chi connectivity index (χ3v) is 6.36. The highest BCUT2D eigenvalue weighted by Gasteiger charge is 2.30. The SMILES string of the molecule is CC(NC(=O)COC(=O)CC1Sc2ccc(Cl)cc2NC1=O)c1ccc(Cl)cc1Cl. The Morgan fingerprint density at radius 2 is 1.87 bits per heavy atom. The zero-order valence-electron chi connectivity index (χ0n) is 15.7. The number of ether oxygens (including phenoxy) is 1. The Bertz CT molecular complexity index is 1000. The molecule has 0 saturated carbocycles. The van der Waals surface area contributed by atoms with Crippen LogP contribution in [0.25, 0.3) is 0 Å². The van der Waals surface area contributed by atoms with Gasteiger partial charge in [-0.1, -0.05) is 40.9 Å². The van der Waals surface area contributed by atoms with Gasteiger partial charge in [0.2, 0.25) is 5.91 Å². The fourth-order valence-electron chi connectivity index (χ4n) is 2.83. The molecule has 2 unspecified atom stereocenters. The molecule has 0 radical (unpaired) electrons. The number of nitrogens with one attached hydrogen (secondary N) is 2. The Hall–Kier alpha value is -1.93. The van der Waals surface area contributed by atoms with Gasteiger partial charge in [-0.2, -0.15) is 0 Å². The lowest BCUT2D eigenvalue weighted by Crippen LogP contribution is -2.34. The standard InChI is InChI=1S/C20H17Cl3N2O4S/c1-10(13-4-2-11(21)6-14(13)23)24-18(26)9-29-19(27)8-17-20(28)25-15-7-12(22)3-5-16(15)30-17/h2-7,10,17H,8-9H2,1H3,(H,24,26)(H,25,28). The van der Waals surface area contributed by atoms with Crippen LogP contribution in [-0.2, 0) is 19.1 Å². The highest BCUT2D eigenvalue weighted by molar-refractivity contribution is 8.01. The maximum Gasteiger partial charge on any atom is 0.307 e. The number of carbonyl (C=O) groups is 3. The summed E-state index contributed by atoms with van der Waals surface area (Å²) in [5.74, 6) is -1.45. The molecule has 2 amide bonds. The van der Waals surface area contributed by atoms with Crippen LogP contribution in [0.1, 0.15) is 24.9 Å². The van der Waals surface area contributed by atoms with E-state index in [-0.39, 0.29) is 12.3 Å². The minimum absolute atomic E-state index is 0.162. The summed E-state index contributed by atoms with van der Waals surface area (Å²) in [6.07, 6.45) is -0.162. The lowest BCUT2D eigenvalue weighted by Gasteiger charge is -2.23. The average molecular weight is 488 g/mol. The number of esters is 1. The van der Waals surface area contributed by atoms with Gasteiger partial charge in [-0.15, -0.1) is 11.8 Å². The first-order valence-electron chi connectivity index (χ1n) is 8.90. The number of benzene rings is 2. The average Bonchev–Trinajstić information content (AvgIpc) is 2.67. The van der Waals surface area contributed by atoms with Gasteiger partial charge < -0.3 is 15.4 Å². The summed E-state index contributed by atoms with van der Waals surface area (Å²) in [5, 5.41) is 6.20. The van der Waals surface area contributed by atoms with Gasteiger partial charge in [-0.05, 0) is 42.8 Å². The van der Waals surface area contributed by atoms with Crippen LogP contribution in [0.5, 0.6) is 0 Å². The molecule has 0 aromatic heterocycles. The van der Waals surface area contributed by atoms with Crippen molar-refractivity contribution in [2.45, 2.75) is 29.5 Å². The first kappa shape index (κ1) is 22.7. The number of fused-ring (bicyclic) bond motifs is 1. The van der Waals surface area contributed by atoms with Gasteiger partial charge >= 0.3 is 5.97 Å². The van der Waals surface area contributed by atoms with Gasteiger partial charge in [0.15, 0.2) is 6.61 Å². The monoisotopic (exact) mass is 486 g/mol. The molecule has 3 rings (SSSR count). The van der Waals surface area contributed by atoms with Crippen LogP contribution in [0.2, 0.25) is 15.1 Å². The van der Waals surface area contributed by atoms with E-state index in [1.807, 2.05) is 0 Å². The van der Waals surface area contributed by atoms with Crippen molar-refractivity contribution in [3.05, 3.63) is 57.0 Å². The van der Waals surface area contributed by atoms with Crippen LogP contribution in [0, 0.1) is 0 Å². The zero-order valence-corrected chi connectivity index (χ0v) is 18.8. The molecule has 30 heavy (non-hydrogen) atoms. The summed E-state index contributed by atoms with van der Waals surface area (Å²) in [6.45, 7) is 1.29. The van der Waals surface area contributed by atoms with Gasteiger partial charge in [-0.25, -0.2) is 0 Å². The molecule has 0 aliphatic carbocycles. The molecule has 2 aromatic carbocycles. The first-order valence-corrected chi connectivity index (χ1v) is 10.9. The summed E-state index contributed by atoms with van der Waals surface area (Å²) in [6, 6.07) is 9.70. The van der Waals surface area contributed by atoms with Gasteiger partial charge in [0, 0.05) is 20.0 Å². The highest BCUT2D eigenvalue weighted by atomic mass is 35.5. The van der Waals surface area contributed by atoms with Crippen molar-refractivity contribution < 1.29 is 19.1 Å². The van der Waals surface area contributed by atoms with E-state index in [1.54, 1.807) is 43.3 Å². The maximum absolute atomic E-state index is 12.2. The predicted octanol–water partition coefficient (Wildman–Crippen LogP) is 4.87. The molecular weight excluding hydrogens is 471 g/mol. The van der Waals surface area contributed by atoms with E-state index in [0.717, 1.165) is 4.90 Å². The number of carbonyl (C=O) groups excluding carboxylic acids is 3. The lowest BCUT2D eigenvalue weighted by atomic mass is 10.1. The second-order valence-electron chi connectivity index (χ2n) is 6.56. The predicted molar refractivity (Wildman–Crippen MR) is 118 cm³/mol. The fourth-order valence-corrected chi connectivity index (χ4v) is 4.65. The quantitative estimate of drug-likeness (QED) is 0.568. The van der Waals surface area contributed by atoms with Crippen molar-refractivity contribution >= 4 is 70.0 Å². The summed E-state index contributed by atoms with van der Waals surface area (Å²) in [4.78, 5) is 37.3. The Morgan fingerprint density at radius 3 is 2.60 bits per heavy atom. The van der Waals surface area contributed by atoms with Crippen molar-refractivity contribution in [1.82, 2.24) is 5.32 Å². The molecule has 2 atom stereocenters. The zero-order chi connectivity index (χ0) is 21.8. The number of amides is 2. The van der Waals surface area contributed by atoms with Crippen LogP contribution in [0.3, 0.4) is 0 Å². The first-order chi connectivity index (χ1) is 14.2. The molecule has 1 aliphatic rings. The van der Waals surface area contributed by atoms with E-state index >= 15 is 0 Å². The van der Waals surface area contributed by atoms with E-state index in [9.17, 15) is 14.4 Å². The minimum Gasteiger partial charge on any atom is -0.456 e. The van der Waals surface area contributed by atoms with Crippen LogP contribution in [-0.4, -0.2) is 29.6 Å². The molecule has 0 saturated heterocycles. The topological polar surface area (TPSA) is 84.5 Å². The number of anilines is 1. The molecule has 1 aliphatic heterocycles. The maximum atomic E-state index is 12.2.